The van der Waals surface area contributed by atoms with Gasteiger partial charge in [0.25, 0.3) is 5.56 Å². The molecule has 30 heavy (non-hydrogen) atoms. The number of hydrogen-bond donors (Lipinski definition) is 1. The van der Waals surface area contributed by atoms with Crippen molar-refractivity contribution in [2.45, 2.75) is 19.1 Å². The molecule has 0 radical (unpaired) electrons. The molecule has 156 valence electrons. The molecule has 0 amide bonds. The average Bonchev–Trinajstić information content (AvgIpc) is 2.66. The third-order valence-electron chi connectivity index (χ3n) is 4.21. The summed E-state index contributed by atoms with van der Waals surface area (Å²) in [6.45, 7) is -0.814. The lowest BCUT2D eigenvalue weighted by atomic mass is 10.1. The standard InChI is InChI=1S/C20H13F5N2O3/c21-12(8-11-4-3-7-15(18(11)22)20(23,24)25)10-27-19(30)14-6-2-1-5-13(14)16(26-27)9-17(28)29/h1-8H,9-10H2,(H,28,29)/b12-8+. The molecular weight excluding hydrogens is 411 g/mol. The number of allylic oxidation sites excluding steroid dienone is 1. The molecule has 0 spiro atoms. The van der Waals surface area contributed by atoms with E-state index in [9.17, 15) is 31.5 Å². The number of nitrogens with zero attached hydrogens (tertiary/aromatic N) is 2. The van der Waals surface area contributed by atoms with E-state index in [4.69, 9.17) is 5.11 Å². The highest BCUT2D eigenvalue weighted by Crippen LogP contribution is 2.33. The Hall–Kier alpha value is -3.56. The van der Waals surface area contributed by atoms with E-state index in [0.717, 1.165) is 12.1 Å². The minimum Gasteiger partial charge on any atom is -0.481 e. The van der Waals surface area contributed by atoms with Gasteiger partial charge in [-0.25, -0.2) is 13.5 Å². The highest BCUT2D eigenvalue weighted by Gasteiger charge is 2.34. The van der Waals surface area contributed by atoms with E-state index in [1.165, 1.54) is 18.2 Å². The first-order valence-corrected chi connectivity index (χ1v) is 8.50. The smallest absolute Gasteiger partial charge is 0.419 e. The maximum Gasteiger partial charge on any atom is 0.419 e. The van der Waals surface area contributed by atoms with Crippen molar-refractivity contribution in [1.82, 2.24) is 9.78 Å². The molecule has 1 aromatic heterocycles. The number of benzene rings is 2. The summed E-state index contributed by atoms with van der Waals surface area (Å²) in [7, 11) is 0. The predicted molar refractivity (Wildman–Crippen MR) is 97.8 cm³/mol. The fourth-order valence-corrected chi connectivity index (χ4v) is 2.92. The van der Waals surface area contributed by atoms with Crippen LogP contribution in [0.1, 0.15) is 16.8 Å². The second-order valence-corrected chi connectivity index (χ2v) is 6.32. The van der Waals surface area contributed by atoms with Crippen molar-refractivity contribution in [3.63, 3.8) is 0 Å². The lowest BCUT2D eigenvalue weighted by molar-refractivity contribution is -0.140. The highest BCUT2D eigenvalue weighted by molar-refractivity contribution is 5.86. The Morgan fingerprint density at radius 2 is 1.77 bits per heavy atom. The summed E-state index contributed by atoms with van der Waals surface area (Å²) < 4.78 is 67.6. The van der Waals surface area contributed by atoms with Crippen molar-refractivity contribution in [3.8, 4) is 0 Å². The van der Waals surface area contributed by atoms with Gasteiger partial charge in [0, 0.05) is 10.9 Å². The van der Waals surface area contributed by atoms with E-state index in [0.29, 0.717) is 16.8 Å². The number of carboxylic acids is 1. The van der Waals surface area contributed by atoms with Gasteiger partial charge in [0.15, 0.2) is 0 Å². The molecule has 3 aromatic rings. The van der Waals surface area contributed by atoms with Gasteiger partial charge in [-0.3, -0.25) is 9.59 Å². The van der Waals surface area contributed by atoms with Gasteiger partial charge in [-0.05, 0) is 18.2 Å². The second kappa shape index (κ2) is 8.05. The van der Waals surface area contributed by atoms with Crippen LogP contribution in [0.25, 0.3) is 16.8 Å². The van der Waals surface area contributed by atoms with Crippen molar-refractivity contribution in [3.05, 3.63) is 81.3 Å². The van der Waals surface area contributed by atoms with E-state index in [-0.39, 0.29) is 16.5 Å². The fraction of sp³-hybridized carbons (Fsp3) is 0.150. The lowest BCUT2D eigenvalue weighted by Crippen LogP contribution is -2.25. The number of halogens is 5. The van der Waals surface area contributed by atoms with Crippen molar-refractivity contribution in [2.75, 3.05) is 0 Å². The largest absolute Gasteiger partial charge is 0.481 e. The van der Waals surface area contributed by atoms with Gasteiger partial charge in [-0.2, -0.15) is 18.3 Å². The van der Waals surface area contributed by atoms with Gasteiger partial charge in [0.2, 0.25) is 0 Å². The number of carboxylic acid groups (broad SMARTS) is 1. The Balaban J connectivity index is 2.03. The second-order valence-electron chi connectivity index (χ2n) is 6.32. The molecule has 2 aromatic carbocycles. The van der Waals surface area contributed by atoms with Crippen LogP contribution in [0.15, 0.2) is 53.1 Å². The summed E-state index contributed by atoms with van der Waals surface area (Å²) in [5.41, 5.74) is -2.92. The van der Waals surface area contributed by atoms with Crippen LogP contribution in [0.2, 0.25) is 0 Å². The highest BCUT2D eigenvalue weighted by atomic mass is 19.4. The lowest BCUT2D eigenvalue weighted by Gasteiger charge is -2.11. The van der Waals surface area contributed by atoms with Crippen LogP contribution in [0.5, 0.6) is 0 Å². The minimum atomic E-state index is -4.95. The van der Waals surface area contributed by atoms with Crippen molar-refractivity contribution in [2.24, 2.45) is 0 Å². The average molecular weight is 424 g/mol. The van der Waals surface area contributed by atoms with Gasteiger partial charge in [0.05, 0.1) is 29.6 Å². The number of carbonyl (C=O) groups is 1. The number of aliphatic carboxylic acids is 1. The van der Waals surface area contributed by atoms with Crippen LogP contribution in [0.4, 0.5) is 22.0 Å². The van der Waals surface area contributed by atoms with Crippen LogP contribution in [-0.2, 0) is 23.9 Å². The van der Waals surface area contributed by atoms with Gasteiger partial charge in [-0.15, -0.1) is 0 Å². The van der Waals surface area contributed by atoms with Crippen molar-refractivity contribution >= 4 is 22.8 Å². The zero-order valence-electron chi connectivity index (χ0n) is 15.1. The minimum absolute atomic E-state index is 0.00995. The van der Waals surface area contributed by atoms with Crippen molar-refractivity contribution < 1.29 is 31.9 Å². The van der Waals surface area contributed by atoms with E-state index >= 15 is 0 Å². The number of fused-ring (bicyclic) bond motifs is 1. The first-order valence-electron chi connectivity index (χ1n) is 8.50. The number of rotatable bonds is 5. The summed E-state index contributed by atoms with van der Waals surface area (Å²) >= 11 is 0. The first kappa shape index (κ1) is 21.2. The molecule has 0 aliphatic heterocycles. The van der Waals surface area contributed by atoms with E-state index < -0.39 is 53.4 Å². The Morgan fingerprint density at radius 1 is 1.10 bits per heavy atom. The molecule has 5 nitrogen and oxygen atoms in total. The summed E-state index contributed by atoms with van der Waals surface area (Å²) in [4.78, 5) is 23.6. The molecule has 1 heterocycles. The molecule has 0 bridgehead atoms. The molecule has 0 atom stereocenters. The molecule has 1 N–H and O–H groups in total. The molecule has 10 heteroatoms. The fourth-order valence-electron chi connectivity index (χ4n) is 2.92. The van der Waals surface area contributed by atoms with Gasteiger partial charge >= 0.3 is 12.1 Å². The topological polar surface area (TPSA) is 72.2 Å². The van der Waals surface area contributed by atoms with Crippen LogP contribution in [0.3, 0.4) is 0 Å². The monoisotopic (exact) mass is 424 g/mol. The van der Waals surface area contributed by atoms with Crippen molar-refractivity contribution in [1.29, 1.82) is 0 Å². The Bertz CT molecular complexity index is 1220. The number of hydrogen-bond acceptors (Lipinski definition) is 3. The molecule has 0 aliphatic rings. The van der Waals surface area contributed by atoms with Crippen LogP contribution < -0.4 is 5.56 Å². The van der Waals surface area contributed by atoms with Gasteiger partial charge in [-0.1, -0.05) is 30.3 Å². The Morgan fingerprint density at radius 3 is 2.40 bits per heavy atom. The Labute approximate surface area is 165 Å². The zero-order chi connectivity index (χ0) is 22.1. The number of aromatic nitrogens is 2. The Kier molecular flexibility index (Phi) is 5.68. The summed E-state index contributed by atoms with van der Waals surface area (Å²) in [6, 6.07) is 8.43. The third kappa shape index (κ3) is 4.37. The maximum atomic E-state index is 14.5. The third-order valence-corrected chi connectivity index (χ3v) is 4.21. The quantitative estimate of drug-likeness (QED) is 0.624. The van der Waals surface area contributed by atoms with Gasteiger partial charge in [0.1, 0.15) is 11.6 Å². The molecule has 0 unspecified atom stereocenters. The van der Waals surface area contributed by atoms with Crippen LogP contribution in [0, 0.1) is 5.82 Å². The summed E-state index contributed by atoms with van der Waals surface area (Å²) in [6.07, 6.45) is -4.95. The molecule has 0 saturated heterocycles. The van der Waals surface area contributed by atoms with Crippen LogP contribution >= 0.6 is 0 Å². The molecule has 0 aliphatic carbocycles. The molecule has 0 fully saturated rings. The summed E-state index contributed by atoms with van der Waals surface area (Å²) in [5.74, 6) is -4.01. The molecule has 3 rings (SSSR count). The SMILES string of the molecule is O=C(O)Cc1nn(C/C(F)=C\c2cccc(C(F)(F)F)c2F)c(=O)c2ccccc12. The van der Waals surface area contributed by atoms with Gasteiger partial charge < -0.3 is 5.11 Å². The van der Waals surface area contributed by atoms with E-state index in [1.807, 2.05) is 0 Å². The first-order chi connectivity index (χ1) is 14.1. The normalized spacial score (nSPS) is 12.4. The number of alkyl halides is 3. The molecule has 0 saturated carbocycles. The van der Waals surface area contributed by atoms with E-state index in [1.54, 1.807) is 6.07 Å². The summed E-state index contributed by atoms with van der Waals surface area (Å²) in [5, 5.41) is 13.3. The van der Waals surface area contributed by atoms with Crippen LogP contribution in [-0.4, -0.2) is 20.9 Å². The van der Waals surface area contributed by atoms with E-state index in [2.05, 4.69) is 5.10 Å². The molecular formula is C20H13F5N2O3. The predicted octanol–water partition coefficient (Wildman–Crippen LogP) is 4.19. The zero-order valence-corrected chi connectivity index (χ0v) is 15.1. The maximum absolute atomic E-state index is 14.5.